The number of anilines is 3. The van der Waals surface area contributed by atoms with E-state index in [0.29, 0.717) is 35.4 Å². The van der Waals surface area contributed by atoms with Crippen LogP contribution in [0.25, 0.3) is 33.4 Å². The number of hydrogen-bond donors (Lipinski definition) is 3. The number of rotatable bonds is 10. The summed E-state index contributed by atoms with van der Waals surface area (Å²) in [6.45, 7) is 3.70. The normalized spacial score (nSPS) is 13.3. The van der Waals surface area contributed by atoms with Crippen LogP contribution in [0, 0.1) is 0 Å². The lowest BCUT2D eigenvalue weighted by atomic mass is 10.0. The SMILES string of the molecule is COc1cc2nc(-c3cccc(-c4ccccc4)c3)nc(Nc3ccc(N)c(C=[NH2+])c3)c2cc1OCCN1CCCC1. The average molecular weight is 560 g/mol. The highest BCUT2D eigenvalue weighted by atomic mass is 16.5. The minimum Gasteiger partial charge on any atom is -0.493 e. The van der Waals surface area contributed by atoms with Crippen molar-refractivity contribution >= 4 is 34.3 Å². The molecule has 5 aromatic rings. The molecule has 1 fully saturated rings. The summed E-state index contributed by atoms with van der Waals surface area (Å²) in [6.07, 6.45) is 3.99. The summed E-state index contributed by atoms with van der Waals surface area (Å²) in [5.41, 5.74) is 12.1. The van der Waals surface area contributed by atoms with Crippen molar-refractivity contribution in [3.63, 3.8) is 0 Å². The fraction of sp³-hybridized carbons (Fsp3) is 0.206. The standard InChI is InChI=1S/C34H34N6O2/c1-41-31-21-30-28(20-32(31)42-17-16-40-14-5-6-15-40)34(37-27-12-13-29(36)26(19-27)22-35)39-33(38-30)25-11-7-10-24(18-25)23-8-3-2-4-9-23/h2-4,7-13,18-22,35H,5-6,14-17,36H2,1H3,(H,37,38,39)/p+1. The van der Waals surface area contributed by atoms with Crippen molar-refractivity contribution in [1.82, 2.24) is 14.9 Å². The van der Waals surface area contributed by atoms with E-state index in [2.05, 4.69) is 34.5 Å². The van der Waals surface area contributed by atoms with Crippen molar-refractivity contribution in [3.05, 3.63) is 90.5 Å². The van der Waals surface area contributed by atoms with Gasteiger partial charge < -0.3 is 20.5 Å². The smallest absolute Gasteiger partial charge is 0.169 e. The molecule has 1 saturated heterocycles. The average Bonchev–Trinajstić information content (AvgIpc) is 3.56. The van der Waals surface area contributed by atoms with Crippen LogP contribution < -0.4 is 25.9 Å². The van der Waals surface area contributed by atoms with E-state index in [1.54, 1.807) is 7.11 Å². The van der Waals surface area contributed by atoms with E-state index in [-0.39, 0.29) is 0 Å². The Bertz CT molecular complexity index is 1720. The quantitative estimate of drug-likeness (QED) is 0.164. The minimum atomic E-state index is 0.573. The first kappa shape index (κ1) is 27.2. The molecule has 4 aromatic carbocycles. The first-order valence-corrected chi connectivity index (χ1v) is 14.2. The van der Waals surface area contributed by atoms with Gasteiger partial charge in [-0.15, -0.1) is 0 Å². The van der Waals surface area contributed by atoms with Gasteiger partial charge in [0.25, 0.3) is 0 Å². The second kappa shape index (κ2) is 12.3. The third-order valence-electron chi connectivity index (χ3n) is 7.60. The van der Waals surface area contributed by atoms with Gasteiger partial charge >= 0.3 is 0 Å². The Labute approximate surface area is 245 Å². The fourth-order valence-electron chi connectivity index (χ4n) is 5.33. The lowest BCUT2D eigenvalue weighted by Crippen LogP contribution is -2.30. The van der Waals surface area contributed by atoms with Gasteiger partial charge in [-0.1, -0.05) is 48.5 Å². The largest absolute Gasteiger partial charge is 0.493 e. The molecule has 0 aliphatic carbocycles. The molecule has 42 heavy (non-hydrogen) atoms. The monoisotopic (exact) mass is 559 g/mol. The zero-order chi connectivity index (χ0) is 28.9. The number of nitrogens with one attached hydrogen (secondary N) is 1. The summed E-state index contributed by atoms with van der Waals surface area (Å²) >= 11 is 0. The van der Waals surface area contributed by atoms with Crippen LogP contribution in [0.2, 0.25) is 0 Å². The van der Waals surface area contributed by atoms with Crippen molar-refractivity contribution in [2.45, 2.75) is 12.8 Å². The molecule has 5 N–H and O–H groups in total. The number of nitrogens with zero attached hydrogens (tertiary/aromatic N) is 3. The minimum absolute atomic E-state index is 0.573. The van der Waals surface area contributed by atoms with Gasteiger partial charge in [-0.2, -0.15) is 0 Å². The number of methoxy groups -OCH3 is 1. The van der Waals surface area contributed by atoms with E-state index in [1.807, 2.05) is 60.7 Å². The topological polar surface area (TPSA) is 111 Å². The molecule has 2 heterocycles. The van der Waals surface area contributed by atoms with Gasteiger partial charge in [0.15, 0.2) is 23.5 Å². The van der Waals surface area contributed by atoms with Crippen molar-refractivity contribution in [3.8, 4) is 34.0 Å². The first-order chi connectivity index (χ1) is 20.6. The highest BCUT2D eigenvalue weighted by Gasteiger charge is 2.17. The summed E-state index contributed by atoms with van der Waals surface area (Å²) < 4.78 is 12.0. The van der Waals surface area contributed by atoms with Crippen molar-refractivity contribution in [2.24, 2.45) is 0 Å². The number of nitrogens with two attached hydrogens (primary N) is 2. The molecule has 0 saturated carbocycles. The van der Waals surface area contributed by atoms with E-state index in [9.17, 15) is 0 Å². The number of fused-ring (bicyclic) bond motifs is 1. The summed E-state index contributed by atoms with van der Waals surface area (Å²) in [6, 6.07) is 28.0. The van der Waals surface area contributed by atoms with Gasteiger partial charge in [0.2, 0.25) is 0 Å². The molecule has 0 atom stereocenters. The Morgan fingerprint density at radius 3 is 2.45 bits per heavy atom. The lowest BCUT2D eigenvalue weighted by molar-refractivity contribution is -0.104. The number of nitrogen functional groups attached to an aromatic ring is 1. The molecular formula is C34H35N6O2+. The Morgan fingerprint density at radius 1 is 0.881 bits per heavy atom. The third kappa shape index (κ3) is 5.89. The lowest BCUT2D eigenvalue weighted by Gasteiger charge is -2.18. The van der Waals surface area contributed by atoms with Gasteiger partial charge in [-0.3, -0.25) is 10.3 Å². The van der Waals surface area contributed by atoms with Gasteiger partial charge in [-0.25, -0.2) is 9.97 Å². The van der Waals surface area contributed by atoms with Crippen LogP contribution >= 0.6 is 0 Å². The molecule has 1 aliphatic heterocycles. The number of ether oxygens (including phenoxy) is 2. The highest BCUT2D eigenvalue weighted by molar-refractivity contribution is 5.95. The third-order valence-corrected chi connectivity index (χ3v) is 7.60. The molecule has 0 radical (unpaired) electrons. The Hall–Kier alpha value is -4.95. The molecule has 8 nitrogen and oxygen atoms in total. The van der Waals surface area contributed by atoms with Crippen LogP contribution in [0.1, 0.15) is 18.4 Å². The van der Waals surface area contributed by atoms with E-state index in [0.717, 1.165) is 58.5 Å². The molecule has 8 heteroatoms. The maximum atomic E-state index is 6.25. The molecule has 0 amide bonds. The van der Waals surface area contributed by atoms with Crippen molar-refractivity contribution in [2.75, 3.05) is 44.4 Å². The molecule has 1 aromatic heterocycles. The molecule has 1 aliphatic rings. The fourth-order valence-corrected chi connectivity index (χ4v) is 5.33. The Morgan fingerprint density at radius 2 is 1.67 bits per heavy atom. The van der Waals surface area contributed by atoms with Crippen molar-refractivity contribution in [1.29, 1.82) is 0 Å². The number of likely N-dealkylation sites (tertiary alicyclic amines) is 1. The van der Waals surface area contributed by atoms with Gasteiger partial charge in [0.1, 0.15) is 12.4 Å². The van der Waals surface area contributed by atoms with Crippen LogP contribution in [0.5, 0.6) is 11.5 Å². The molecular weight excluding hydrogens is 524 g/mol. The Kier molecular flexibility index (Phi) is 7.96. The molecule has 0 spiro atoms. The second-order valence-electron chi connectivity index (χ2n) is 10.4. The van der Waals surface area contributed by atoms with Gasteiger partial charge in [0.05, 0.1) is 18.2 Å². The van der Waals surface area contributed by atoms with Crippen LogP contribution in [-0.4, -0.2) is 54.4 Å². The molecule has 0 bridgehead atoms. The van der Waals surface area contributed by atoms with Crippen LogP contribution in [0.15, 0.2) is 84.9 Å². The second-order valence-corrected chi connectivity index (χ2v) is 10.4. The van der Waals surface area contributed by atoms with Crippen molar-refractivity contribution < 1.29 is 14.9 Å². The maximum Gasteiger partial charge on any atom is 0.169 e. The van der Waals surface area contributed by atoms with E-state index in [1.165, 1.54) is 19.1 Å². The number of benzene rings is 4. The summed E-state index contributed by atoms with van der Waals surface area (Å²) in [5, 5.41) is 10.1. The molecule has 0 unspecified atom stereocenters. The van der Waals surface area contributed by atoms with E-state index in [4.69, 9.17) is 30.6 Å². The van der Waals surface area contributed by atoms with Crippen LogP contribution in [0.3, 0.4) is 0 Å². The molecule has 212 valence electrons. The number of aromatic nitrogens is 2. The first-order valence-electron chi connectivity index (χ1n) is 14.2. The molecule has 6 rings (SSSR count). The number of hydrogen-bond acceptors (Lipinski definition) is 7. The summed E-state index contributed by atoms with van der Waals surface area (Å²) in [4.78, 5) is 12.4. The Balaban J connectivity index is 1.42. The van der Waals surface area contributed by atoms with Crippen LogP contribution in [-0.2, 0) is 0 Å². The summed E-state index contributed by atoms with van der Waals surface area (Å²) in [7, 11) is 1.65. The van der Waals surface area contributed by atoms with E-state index >= 15 is 0 Å². The van der Waals surface area contributed by atoms with E-state index < -0.39 is 0 Å². The van der Waals surface area contributed by atoms with Gasteiger partial charge in [-0.05, 0) is 67.4 Å². The van der Waals surface area contributed by atoms with Gasteiger partial charge in [0, 0.05) is 34.9 Å². The predicted molar refractivity (Wildman–Crippen MR) is 169 cm³/mol. The summed E-state index contributed by atoms with van der Waals surface area (Å²) in [5.74, 6) is 2.52. The predicted octanol–water partition coefficient (Wildman–Crippen LogP) is 4.95. The zero-order valence-electron chi connectivity index (χ0n) is 23.7. The highest BCUT2D eigenvalue weighted by Crippen LogP contribution is 2.37. The van der Waals surface area contributed by atoms with Crippen LogP contribution in [0.4, 0.5) is 17.2 Å². The zero-order valence-corrected chi connectivity index (χ0v) is 23.7. The maximum absolute atomic E-state index is 6.25.